The zero-order valence-corrected chi connectivity index (χ0v) is 16.4. The zero-order chi connectivity index (χ0) is 20.3. The molecule has 0 spiro atoms. The summed E-state index contributed by atoms with van der Waals surface area (Å²) in [4.78, 5) is 39.7. The summed E-state index contributed by atoms with van der Waals surface area (Å²) in [5.41, 5.74) is 3.93. The number of hydrogen-bond acceptors (Lipinski definition) is 3. The number of rotatable bonds is 3. The van der Waals surface area contributed by atoms with E-state index in [1.165, 1.54) is 4.90 Å². The van der Waals surface area contributed by atoms with E-state index < -0.39 is 0 Å². The van der Waals surface area contributed by atoms with Crippen LogP contribution in [0.5, 0.6) is 0 Å². The first-order valence-electron chi connectivity index (χ1n) is 9.98. The van der Waals surface area contributed by atoms with Crippen molar-refractivity contribution in [1.29, 1.82) is 0 Å². The van der Waals surface area contributed by atoms with Crippen LogP contribution < -0.4 is 10.2 Å². The second-order valence-electron chi connectivity index (χ2n) is 8.39. The zero-order valence-electron chi connectivity index (χ0n) is 16.4. The van der Waals surface area contributed by atoms with Gasteiger partial charge in [0, 0.05) is 11.3 Å². The van der Waals surface area contributed by atoms with Crippen LogP contribution in [-0.2, 0) is 9.59 Å². The Kier molecular flexibility index (Phi) is 3.95. The molecule has 3 aliphatic rings. The number of aryl methyl sites for hydroxylation is 2. The van der Waals surface area contributed by atoms with Crippen molar-refractivity contribution in [2.24, 2.45) is 23.7 Å². The van der Waals surface area contributed by atoms with Gasteiger partial charge in [0.1, 0.15) is 0 Å². The third kappa shape index (κ3) is 2.80. The first kappa shape index (κ1) is 17.9. The average Bonchev–Trinajstić information content (AvgIpc) is 3.35. The van der Waals surface area contributed by atoms with Gasteiger partial charge >= 0.3 is 0 Å². The molecular weight excluding hydrogens is 364 g/mol. The van der Waals surface area contributed by atoms with Crippen LogP contribution in [0.2, 0.25) is 0 Å². The number of fused-ring (bicyclic) bond motifs is 5. The Morgan fingerprint density at radius 1 is 0.897 bits per heavy atom. The molecule has 2 aromatic carbocycles. The fourth-order valence-electron chi connectivity index (χ4n) is 5.17. The Balaban J connectivity index is 1.35. The number of allylic oxidation sites excluding steroid dienone is 2. The van der Waals surface area contributed by atoms with Crippen LogP contribution in [0.3, 0.4) is 0 Å². The third-order valence-corrected chi connectivity index (χ3v) is 6.34. The van der Waals surface area contributed by atoms with Gasteiger partial charge in [-0.1, -0.05) is 18.2 Å². The molecule has 2 aliphatic carbocycles. The number of nitrogens with zero attached hydrogens (tertiary/aromatic N) is 1. The molecule has 4 atom stereocenters. The van der Waals surface area contributed by atoms with Crippen molar-refractivity contribution in [1.82, 2.24) is 0 Å². The molecule has 1 saturated carbocycles. The van der Waals surface area contributed by atoms with E-state index in [2.05, 4.69) is 17.5 Å². The second-order valence-corrected chi connectivity index (χ2v) is 8.39. The highest BCUT2D eigenvalue weighted by molar-refractivity contribution is 6.23. The van der Waals surface area contributed by atoms with Gasteiger partial charge in [0.2, 0.25) is 11.8 Å². The summed E-state index contributed by atoms with van der Waals surface area (Å²) < 4.78 is 0. The molecule has 5 heteroatoms. The molecule has 146 valence electrons. The van der Waals surface area contributed by atoms with Crippen molar-refractivity contribution in [3.8, 4) is 0 Å². The SMILES string of the molecule is Cc1cc(C)cc(NC(=O)c2ccc(N3C(=O)[C@H]4[C@H](C3=O)[C@H]3C=C[C@H]4C3)cc2)c1. The Morgan fingerprint density at radius 2 is 1.45 bits per heavy atom. The predicted octanol–water partition coefficient (Wildman–Crippen LogP) is 3.87. The monoisotopic (exact) mass is 386 g/mol. The Labute approximate surface area is 169 Å². The van der Waals surface area contributed by atoms with E-state index in [0.29, 0.717) is 11.3 Å². The molecule has 29 heavy (non-hydrogen) atoms. The summed E-state index contributed by atoms with van der Waals surface area (Å²) in [6.45, 7) is 3.97. The first-order chi connectivity index (χ1) is 13.9. The number of hydrogen-bond donors (Lipinski definition) is 1. The molecule has 5 rings (SSSR count). The molecule has 0 radical (unpaired) electrons. The Bertz CT molecular complexity index is 1020. The van der Waals surface area contributed by atoms with Crippen LogP contribution in [0, 0.1) is 37.5 Å². The van der Waals surface area contributed by atoms with Crippen LogP contribution in [0.4, 0.5) is 11.4 Å². The van der Waals surface area contributed by atoms with Crippen LogP contribution in [0.1, 0.15) is 27.9 Å². The number of imide groups is 1. The van der Waals surface area contributed by atoms with Crippen LogP contribution in [0.15, 0.2) is 54.6 Å². The topological polar surface area (TPSA) is 66.5 Å². The molecule has 2 aromatic rings. The van der Waals surface area contributed by atoms with Crippen molar-refractivity contribution in [3.63, 3.8) is 0 Å². The van der Waals surface area contributed by atoms with E-state index in [9.17, 15) is 14.4 Å². The normalized spacial score (nSPS) is 26.9. The maximum Gasteiger partial charge on any atom is 0.255 e. The molecule has 0 aromatic heterocycles. The lowest BCUT2D eigenvalue weighted by atomic mass is 9.85. The van der Waals surface area contributed by atoms with E-state index in [0.717, 1.165) is 23.2 Å². The molecule has 2 fully saturated rings. The van der Waals surface area contributed by atoms with Gasteiger partial charge < -0.3 is 5.32 Å². The highest BCUT2D eigenvalue weighted by Gasteiger charge is 2.59. The molecule has 1 saturated heterocycles. The van der Waals surface area contributed by atoms with Gasteiger partial charge in [-0.2, -0.15) is 0 Å². The van der Waals surface area contributed by atoms with Crippen molar-refractivity contribution in [2.75, 3.05) is 10.2 Å². The number of carbonyl (C=O) groups is 3. The molecule has 1 N–H and O–H groups in total. The number of anilines is 2. The number of nitrogens with one attached hydrogen (secondary N) is 1. The van der Waals surface area contributed by atoms with E-state index in [1.54, 1.807) is 24.3 Å². The van der Waals surface area contributed by atoms with Gasteiger partial charge in [0.05, 0.1) is 17.5 Å². The molecular formula is C24H22N2O3. The van der Waals surface area contributed by atoms with Gasteiger partial charge in [-0.3, -0.25) is 19.3 Å². The number of benzene rings is 2. The lowest BCUT2D eigenvalue weighted by Crippen LogP contribution is -2.32. The summed E-state index contributed by atoms with van der Waals surface area (Å²) in [6.07, 6.45) is 5.08. The van der Waals surface area contributed by atoms with Gasteiger partial charge in [0.15, 0.2) is 0 Å². The fraction of sp³-hybridized carbons (Fsp3) is 0.292. The smallest absolute Gasteiger partial charge is 0.255 e. The fourth-order valence-corrected chi connectivity index (χ4v) is 5.17. The highest BCUT2D eigenvalue weighted by atomic mass is 16.2. The minimum Gasteiger partial charge on any atom is -0.322 e. The van der Waals surface area contributed by atoms with Crippen LogP contribution in [0.25, 0.3) is 0 Å². The van der Waals surface area contributed by atoms with E-state index in [1.807, 2.05) is 32.0 Å². The van der Waals surface area contributed by atoms with E-state index >= 15 is 0 Å². The summed E-state index contributed by atoms with van der Waals surface area (Å²) in [7, 11) is 0. The van der Waals surface area contributed by atoms with Gasteiger partial charge in [-0.15, -0.1) is 0 Å². The van der Waals surface area contributed by atoms with Crippen LogP contribution in [-0.4, -0.2) is 17.7 Å². The third-order valence-electron chi connectivity index (χ3n) is 6.34. The van der Waals surface area contributed by atoms with Gasteiger partial charge in [-0.25, -0.2) is 0 Å². The molecule has 2 bridgehead atoms. The maximum atomic E-state index is 12.9. The summed E-state index contributed by atoms with van der Waals surface area (Å²) in [5.74, 6) is -0.494. The van der Waals surface area contributed by atoms with Crippen molar-refractivity contribution < 1.29 is 14.4 Å². The number of carbonyl (C=O) groups excluding carboxylic acids is 3. The summed E-state index contributed by atoms with van der Waals surface area (Å²) >= 11 is 0. The standard InChI is InChI=1S/C24H22N2O3/c1-13-9-14(2)11-18(10-13)25-22(27)15-5-7-19(8-6-15)26-23(28)20-16-3-4-17(12-16)21(20)24(26)29/h3-11,16-17,20-21H,12H2,1-2H3,(H,25,27)/t16-,17-,20+,21+/m0/s1. The lowest BCUT2D eigenvalue weighted by Gasteiger charge is -2.17. The lowest BCUT2D eigenvalue weighted by molar-refractivity contribution is -0.123. The highest BCUT2D eigenvalue weighted by Crippen LogP contribution is 2.53. The van der Waals surface area contributed by atoms with Gasteiger partial charge in [-0.05, 0) is 79.6 Å². The van der Waals surface area contributed by atoms with Gasteiger partial charge in [0.25, 0.3) is 5.91 Å². The second kappa shape index (κ2) is 6.41. The molecule has 1 heterocycles. The largest absolute Gasteiger partial charge is 0.322 e. The van der Waals surface area contributed by atoms with Crippen molar-refractivity contribution >= 4 is 29.1 Å². The van der Waals surface area contributed by atoms with Crippen molar-refractivity contribution in [2.45, 2.75) is 20.3 Å². The maximum absolute atomic E-state index is 12.9. The molecule has 5 nitrogen and oxygen atoms in total. The quantitative estimate of drug-likeness (QED) is 0.643. The minimum absolute atomic E-state index is 0.107. The Morgan fingerprint density at radius 3 is 2.00 bits per heavy atom. The Hall–Kier alpha value is -3.21. The molecule has 3 amide bonds. The molecule has 0 unspecified atom stereocenters. The van der Waals surface area contributed by atoms with E-state index in [-0.39, 0.29) is 41.4 Å². The summed E-state index contributed by atoms with van der Waals surface area (Å²) in [6, 6.07) is 12.6. The number of amides is 3. The van der Waals surface area contributed by atoms with E-state index in [4.69, 9.17) is 0 Å². The molecule has 1 aliphatic heterocycles. The van der Waals surface area contributed by atoms with Crippen molar-refractivity contribution in [3.05, 3.63) is 71.3 Å². The average molecular weight is 386 g/mol. The first-order valence-corrected chi connectivity index (χ1v) is 9.98. The van der Waals surface area contributed by atoms with Crippen LogP contribution >= 0.6 is 0 Å². The predicted molar refractivity (Wildman–Crippen MR) is 111 cm³/mol. The minimum atomic E-state index is -0.222. The summed E-state index contributed by atoms with van der Waals surface area (Å²) in [5, 5.41) is 2.90.